The molecular formula is C15H19N3O. The molecule has 0 aliphatic carbocycles. The SMILES string of the molecule is CCOc1cccc2c(N3CCNCC3)ccnc12. The van der Waals surface area contributed by atoms with Crippen molar-refractivity contribution in [2.75, 3.05) is 37.7 Å². The number of hydrogen-bond donors (Lipinski definition) is 1. The molecule has 1 aromatic carbocycles. The van der Waals surface area contributed by atoms with Crippen LogP contribution in [0.3, 0.4) is 0 Å². The molecule has 0 radical (unpaired) electrons. The molecule has 0 spiro atoms. The van der Waals surface area contributed by atoms with E-state index in [1.165, 1.54) is 11.1 Å². The van der Waals surface area contributed by atoms with Crippen LogP contribution >= 0.6 is 0 Å². The third-order valence-corrected chi connectivity index (χ3v) is 3.47. The molecule has 1 aliphatic rings. The first-order valence-electron chi connectivity index (χ1n) is 6.86. The van der Waals surface area contributed by atoms with E-state index < -0.39 is 0 Å². The zero-order valence-corrected chi connectivity index (χ0v) is 11.2. The minimum Gasteiger partial charge on any atom is -0.492 e. The lowest BCUT2D eigenvalue weighted by Gasteiger charge is -2.30. The summed E-state index contributed by atoms with van der Waals surface area (Å²) in [5, 5.41) is 4.56. The second kappa shape index (κ2) is 5.45. The molecule has 1 N–H and O–H groups in total. The molecule has 1 saturated heterocycles. The quantitative estimate of drug-likeness (QED) is 0.913. The van der Waals surface area contributed by atoms with E-state index in [1.54, 1.807) is 0 Å². The predicted octanol–water partition coefficient (Wildman–Crippen LogP) is 2.04. The third kappa shape index (κ3) is 2.36. The summed E-state index contributed by atoms with van der Waals surface area (Å²) in [5.41, 5.74) is 2.22. The molecule has 4 heteroatoms. The number of nitrogens with one attached hydrogen (secondary N) is 1. The van der Waals surface area contributed by atoms with E-state index in [0.717, 1.165) is 37.4 Å². The first-order chi connectivity index (χ1) is 9.40. The Kier molecular flexibility index (Phi) is 3.51. The second-order valence-electron chi connectivity index (χ2n) is 4.65. The lowest BCUT2D eigenvalue weighted by Crippen LogP contribution is -2.43. The van der Waals surface area contributed by atoms with Crippen molar-refractivity contribution in [3.63, 3.8) is 0 Å². The second-order valence-corrected chi connectivity index (χ2v) is 4.65. The number of ether oxygens (including phenoxy) is 1. The molecule has 19 heavy (non-hydrogen) atoms. The van der Waals surface area contributed by atoms with Crippen LogP contribution in [0.1, 0.15) is 6.92 Å². The van der Waals surface area contributed by atoms with Crippen molar-refractivity contribution >= 4 is 16.6 Å². The fourth-order valence-electron chi connectivity index (χ4n) is 2.59. The molecule has 0 amide bonds. The summed E-state index contributed by atoms with van der Waals surface area (Å²) in [6.07, 6.45) is 1.88. The molecule has 1 fully saturated rings. The summed E-state index contributed by atoms with van der Waals surface area (Å²) in [7, 11) is 0. The van der Waals surface area contributed by atoms with Crippen molar-refractivity contribution < 1.29 is 4.74 Å². The Morgan fingerprint density at radius 1 is 1.26 bits per heavy atom. The molecular weight excluding hydrogens is 238 g/mol. The number of para-hydroxylation sites is 1. The van der Waals surface area contributed by atoms with Crippen LogP contribution in [-0.2, 0) is 0 Å². The maximum Gasteiger partial charge on any atom is 0.145 e. The van der Waals surface area contributed by atoms with E-state index in [9.17, 15) is 0 Å². The first kappa shape index (κ1) is 12.2. The van der Waals surface area contributed by atoms with Gasteiger partial charge in [0.1, 0.15) is 11.3 Å². The average Bonchev–Trinajstić information content (AvgIpc) is 2.48. The van der Waals surface area contributed by atoms with Crippen LogP contribution in [0.4, 0.5) is 5.69 Å². The van der Waals surface area contributed by atoms with E-state index in [1.807, 2.05) is 25.3 Å². The molecule has 2 heterocycles. The van der Waals surface area contributed by atoms with Crippen molar-refractivity contribution in [3.05, 3.63) is 30.5 Å². The largest absolute Gasteiger partial charge is 0.492 e. The van der Waals surface area contributed by atoms with E-state index in [0.29, 0.717) is 6.61 Å². The van der Waals surface area contributed by atoms with Crippen LogP contribution in [0.5, 0.6) is 5.75 Å². The van der Waals surface area contributed by atoms with Crippen molar-refractivity contribution in [1.29, 1.82) is 0 Å². The lowest BCUT2D eigenvalue weighted by atomic mass is 10.1. The van der Waals surface area contributed by atoms with E-state index >= 15 is 0 Å². The summed E-state index contributed by atoms with van der Waals surface area (Å²) in [6.45, 7) is 6.82. The van der Waals surface area contributed by atoms with Crippen molar-refractivity contribution in [2.45, 2.75) is 6.92 Å². The average molecular weight is 257 g/mol. The zero-order valence-electron chi connectivity index (χ0n) is 11.2. The van der Waals surface area contributed by atoms with Crippen LogP contribution in [0.25, 0.3) is 10.9 Å². The number of hydrogen-bond acceptors (Lipinski definition) is 4. The number of benzene rings is 1. The van der Waals surface area contributed by atoms with Gasteiger partial charge in [0.25, 0.3) is 0 Å². The van der Waals surface area contributed by atoms with Gasteiger partial charge in [0.15, 0.2) is 0 Å². The molecule has 0 bridgehead atoms. The summed E-state index contributed by atoms with van der Waals surface area (Å²) in [4.78, 5) is 6.90. The topological polar surface area (TPSA) is 37.4 Å². The minimum absolute atomic E-state index is 0.665. The molecule has 1 aliphatic heterocycles. The number of piperazine rings is 1. The molecule has 100 valence electrons. The Bertz CT molecular complexity index is 564. The van der Waals surface area contributed by atoms with Gasteiger partial charge >= 0.3 is 0 Å². The number of pyridine rings is 1. The smallest absolute Gasteiger partial charge is 0.145 e. The van der Waals surface area contributed by atoms with Gasteiger partial charge in [0, 0.05) is 43.4 Å². The van der Waals surface area contributed by atoms with Crippen LogP contribution in [0.15, 0.2) is 30.5 Å². The van der Waals surface area contributed by atoms with E-state index in [-0.39, 0.29) is 0 Å². The van der Waals surface area contributed by atoms with Gasteiger partial charge in [-0.3, -0.25) is 4.98 Å². The van der Waals surface area contributed by atoms with Gasteiger partial charge in [0.2, 0.25) is 0 Å². The Morgan fingerprint density at radius 2 is 2.11 bits per heavy atom. The van der Waals surface area contributed by atoms with Crippen LogP contribution in [0.2, 0.25) is 0 Å². The van der Waals surface area contributed by atoms with Gasteiger partial charge in [-0.2, -0.15) is 0 Å². The highest BCUT2D eigenvalue weighted by Crippen LogP contribution is 2.31. The highest BCUT2D eigenvalue weighted by molar-refractivity contribution is 5.95. The predicted molar refractivity (Wildman–Crippen MR) is 78.0 cm³/mol. The molecule has 3 rings (SSSR count). The van der Waals surface area contributed by atoms with Gasteiger partial charge in [-0.05, 0) is 19.1 Å². The van der Waals surface area contributed by atoms with Gasteiger partial charge in [-0.15, -0.1) is 0 Å². The van der Waals surface area contributed by atoms with Gasteiger partial charge in [0.05, 0.1) is 6.61 Å². The normalized spacial score (nSPS) is 15.7. The lowest BCUT2D eigenvalue weighted by molar-refractivity contribution is 0.343. The highest BCUT2D eigenvalue weighted by Gasteiger charge is 2.14. The number of rotatable bonds is 3. The fraction of sp³-hybridized carbons (Fsp3) is 0.400. The standard InChI is InChI=1S/C15H19N3O/c1-2-19-14-5-3-4-12-13(6-7-17-15(12)14)18-10-8-16-9-11-18/h3-7,16H,2,8-11H2,1H3. The van der Waals surface area contributed by atoms with E-state index in [2.05, 4.69) is 27.3 Å². The number of aromatic nitrogens is 1. The summed E-state index contributed by atoms with van der Waals surface area (Å²) < 4.78 is 5.67. The Labute approximate surface area is 113 Å². The monoisotopic (exact) mass is 257 g/mol. The zero-order chi connectivity index (χ0) is 13.1. The number of anilines is 1. The van der Waals surface area contributed by atoms with Crippen LogP contribution < -0.4 is 15.0 Å². The van der Waals surface area contributed by atoms with Crippen molar-refractivity contribution in [3.8, 4) is 5.75 Å². The summed E-state index contributed by atoms with van der Waals surface area (Å²) >= 11 is 0. The Balaban J connectivity index is 2.07. The molecule has 0 unspecified atom stereocenters. The van der Waals surface area contributed by atoms with Gasteiger partial charge in [-0.1, -0.05) is 12.1 Å². The van der Waals surface area contributed by atoms with Crippen LogP contribution in [-0.4, -0.2) is 37.8 Å². The van der Waals surface area contributed by atoms with Crippen LogP contribution in [0, 0.1) is 0 Å². The number of nitrogens with zero attached hydrogens (tertiary/aromatic N) is 2. The molecule has 0 saturated carbocycles. The Hall–Kier alpha value is -1.81. The maximum atomic E-state index is 5.67. The fourth-order valence-corrected chi connectivity index (χ4v) is 2.59. The number of fused-ring (bicyclic) bond motifs is 1. The minimum atomic E-state index is 0.665. The van der Waals surface area contributed by atoms with Gasteiger partial charge in [-0.25, -0.2) is 0 Å². The molecule has 2 aromatic rings. The van der Waals surface area contributed by atoms with E-state index in [4.69, 9.17) is 4.74 Å². The van der Waals surface area contributed by atoms with Crippen molar-refractivity contribution in [1.82, 2.24) is 10.3 Å². The van der Waals surface area contributed by atoms with Crippen molar-refractivity contribution in [2.24, 2.45) is 0 Å². The summed E-state index contributed by atoms with van der Waals surface area (Å²) in [6, 6.07) is 8.26. The Morgan fingerprint density at radius 3 is 2.89 bits per heavy atom. The van der Waals surface area contributed by atoms with Gasteiger partial charge < -0.3 is 15.0 Å². The highest BCUT2D eigenvalue weighted by atomic mass is 16.5. The molecule has 4 nitrogen and oxygen atoms in total. The first-order valence-corrected chi connectivity index (χ1v) is 6.86. The third-order valence-electron chi connectivity index (χ3n) is 3.47. The summed E-state index contributed by atoms with van der Waals surface area (Å²) in [5.74, 6) is 0.872. The molecule has 1 aromatic heterocycles. The maximum absolute atomic E-state index is 5.67. The molecule has 0 atom stereocenters.